The first kappa shape index (κ1) is 20.3. The van der Waals surface area contributed by atoms with Crippen LogP contribution in [-0.4, -0.2) is 14.6 Å². The van der Waals surface area contributed by atoms with E-state index in [1.165, 1.54) is 18.3 Å². The number of nitrogens with zero attached hydrogens (tertiary/aromatic N) is 1. The molecule has 0 bridgehead atoms. The Morgan fingerprint density at radius 3 is 2.54 bits per heavy atom. The zero-order valence-corrected chi connectivity index (χ0v) is 17.1. The van der Waals surface area contributed by atoms with E-state index in [4.69, 9.17) is 32.4 Å². The van der Waals surface area contributed by atoms with E-state index in [1.54, 1.807) is 42.5 Å². The minimum atomic E-state index is -3.73. The molecule has 3 aromatic rings. The largest absolute Gasteiger partial charge is 0.486 e. The maximum Gasteiger partial charge on any atom is 0.276 e. The number of hydrazone groups is 1. The second-order valence-electron chi connectivity index (χ2n) is 5.83. The third-order valence-electron chi connectivity index (χ3n) is 3.65. The number of benzene rings is 2. The van der Waals surface area contributed by atoms with Crippen molar-refractivity contribution in [1.29, 1.82) is 0 Å². The van der Waals surface area contributed by atoms with Gasteiger partial charge in [0.25, 0.3) is 10.0 Å². The molecule has 1 aromatic heterocycles. The fourth-order valence-electron chi connectivity index (χ4n) is 2.19. The van der Waals surface area contributed by atoms with Crippen molar-refractivity contribution in [3.8, 4) is 5.75 Å². The fourth-order valence-corrected chi connectivity index (χ4v) is 3.27. The topological polar surface area (TPSA) is 80.9 Å². The van der Waals surface area contributed by atoms with Crippen LogP contribution < -0.4 is 9.57 Å². The van der Waals surface area contributed by atoms with Gasteiger partial charge >= 0.3 is 0 Å². The average molecular weight is 439 g/mol. The minimum absolute atomic E-state index is 0.130. The molecule has 0 saturated heterocycles. The molecule has 2 aromatic carbocycles. The van der Waals surface area contributed by atoms with Gasteiger partial charge in [0.2, 0.25) is 0 Å². The second-order valence-corrected chi connectivity index (χ2v) is 8.31. The fraction of sp³-hybridized carbons (Fsp3) is 0.105. The molecule has 28 heavy (non-hydrogen) atoms. The van der Waals surface area contributed by atoms with Crippen LogP contribution >= 0.6 is 23.2 Å². The lowest BCUT2D eigenvalue weighted by atomic mass is 10.2. The third-order valence-corrected chi connectivity index (χ3v) is 5.63. The monoisotopic (exact) mass is 438 g/mol. The number of halogens is 2. The Kier molecular flexibility index (Phi) is 6.28. The highest BCUT2D eigenvalue weighted by Gasteiger charge is 2.12. The molecule has 0 spiro atoms. The SMILES string of the molecule is Cc1ccc(S(=O)(=O)N/N=C/c2ccc(COc3ccc(Cl)c(Cl)c3)o2)cc1. The average Bonchev–Trinajstić information content (AvgIpc) is 3.11. The molecule has 146 valence electrons. The predicted octanol–water partition coefficient (Wildman–Crippen LogP) is 4.79. The minimum Gasteiger partial charge on any atom is -0.486 e. The summed E-state index contributed by atoms with van der Waals surface area (Å²) in [6.07, 6.45) is 1.27. The molecule has 6 nitrogen and oxygen atoms in total. The van der Waals surface area contributed by atoms with E-state index in [0.717, 1.165) is 5.56 Å². The normalized spacial score (nSPS) is 11.7. The van der Waals surface area contributed by atoms with E-state index in [2.05, 4.69) is 9.93 Å². The van der Waals surface area contributed by atoms with Crippen LogP contribution in [0.3, 0.4) is 0 Å². The highest BCUT2D eigenvalue weighted by atomic mass is 35.5. The predicted molar refractivity (Wildman–Crippen MR) is 109 cm³/mol. The number of hydrogen-bond acceptors (Lipinski definition) is 5. The summed E-state index contributed by atoms with van der Waals surface area (Å²) in [5, 5.41) is 4.57. The van der Waals surface area contributed by atoms with E-state index in [0.29, 0.717) is 27.3 Å². The Labute approximate surface area is 172 Å². The highest BCUT2D eigenvalue weighted by Crippen LogP contribution is 2.26. The van der Waals surface area contributed by atoms with Crippen molar-refractivity contribution in [3.05, 3.63) is 81.7 Å². The number of furan rings is 1. The summed E-state index contributed by atoms with van der Waals surface area (Å²) in [6.45, 7) is 2.04. The molecule has 0 atom stereocenters. The summed E-state index contributed by atoms with van der Waals surface area (Å²) >= 11 is 11.8. The zero-order valence-electron chi connectivity index (χ0n) is 14.7. The van der Waals surface area contributed by atoms with E-state index in [-0.39, 0.29) is 11.5 Å². The molecule has 0 fully saturated rings. The Morgan fingerprint density at radius 1 is 1.07 bits per heavy atom. The van der Waals surface area contributed by atoms with Gasteiger partial charge in [-0.15, -0.1) is 0 Å². The molecule has 0 aliphatic rings. The van der Waals surface area contributed by atoms with Gasteiger partial charge in [-0.2, -0.15) is 18.4 Å². The first-order valence-corrected chi connectivity index (χ1v) is 10.4. The quantitative estimate of drug-likeness (QED) is 0.424. The first-order valence-electron chi connectivity index (χ1n) is 8.11. The summed E-state index contributed by atoms with van der Waals surface area (Å²) in [5.41, 5.74) is 0.966. The molecule has 0 aliphatic heterocycles. The second kappa shape index (κ2) is 8.68. The van der Waals surface area contributed by atoms with Crippen molar-refractivity contribution in [1.82, 2.24) is 4.83 Å². The summed E-state index contributed by atoms with van der Waals surface area (Å²) in [6, 6.07) is 14.7. The van der Waals surface area contributed by atoms with Gasteiger partial charge in [-0.25, -0.2) is 0 Å². The lowest BCUT2D eigenvalue weighted by molar-refractivity contribution is 0.270. The molecule has 0 unspecified atom stereocenters. The number of aryl methyl sites for hydroxylation is 1. The van der Waals surface area contributed by atoms with Crippen LogP contribution in [0.2, 0.25) is 10.0 Å². The third kappa shape index (κ3) is 5.28. The Morgan fingerprint density at radius 2 is 1.82 bits per heavy atom. The van der Waals surface area contributed by atoms with Gasteiger partial charge in [0.05, 0.1) is 21.2 Å². The molecular formula is C19H16Cl2N2O4S. The van der Waals surface area contributed by atoms with Gasteiger partial charge in [0, 0.05) is 6.07 Å². The summed E-state index contributed by atoms with van der Waals surface area (Å²) < 4.78 is 35.4. The van der Waals surface area contributed by atoms with Crippen molar-refractivity contribution in [2.45, 2.75) is 18.4 Å². The van der Waals surface area contributed by atoms with Crippen LogP contribution in [0.4, 0.5) is 0 Å². The summed E-state index contributed by atoms with van der Waals surface area (Å²) in [4.78, 5) is 2.28. The number of sulfonamides is 1. The Bertz CT molecular complexity index is 1090. The van der Waals surface area contributed by atoms with E-state index < -0.39 is 10.0 Å². The van der Waals surface area contributed by atoms with Crippen molar-refractivity contribution in [3.63, 3.8) is 0 Å². The van der Waals surface area contributed by atoms with Crippen molar-refractivity contribution in [2.75, 3.05) is 0 Å². The van der Waals surface area contributed by atoms with Gasteiger partial charge in [-0.1, -0.05) is 40.9 Å². The Hall–Kier alpha value is -2.48. The summed E-state index contributed by atoms with van der Waals surface area (Å²) in [5.74, 6) is 1.46. The lowest BCUT2D eigenvalue weighted by Crippen LogP contribution is -2.18. The van der Waals surface area contributed by atoms with Crippen molar-refractivity contribution >= 4 is 39.4 Å². The lowest BCUT2D eigenvalue weighted by Gasteiger charge is -2.05. The van der Waals surface area contributed by atoms with Crippen LogP contribution in [0.5, 0.6) is 5.75 Å². The van der Waals surface area contributed by atoms with Gasteiger partial charge in [0.15, 0.2) is 0 Å². The molecular weight excluding hydrogens is 423 g/mol. The smallest absolute Gasteiger partial charge is 0.276 e. The first-order chi connectivity index (χ1) is 13.3. The maximum atomic E-state index is 12.2. The highest BCUT2D eigenvalue weighted by molar-refractivity contribution is 7.89. The molecule has 0 amide bonds. The van der Waals surface area contributed by atoms with Crippen molar-refractivity contribution < 1.29 is 17.6 Å². The van der Waals surface area contributed by atoms with Crippen LogP contribution in [0.25, 0.3) is 0 Å². The number of ether oxygens (including phenoxy) is 1. The van der Waals surface area contributed by atoms with Crippen LogP contribution in [0.15, 0.2) is 69.0 Å². The molecule has 0 aliphatic carbocycles. The number of hydrogen-bond donors (Lipinski definition) is 1. The zero-order chi connectivity index (χ0) is 20.1. The van der Waals surface area contributed by atoms with Gasteiger partial charge in [-0.3, -0.25) is 0 Å². The van der Waals surface area contributed by atoms with E-state index >= 15 is 0 Å². The van der Waals surface area contributed by atoms with E-state index in [1.807, 2.05) is 6.92 Å². The molecule has 9 heteroatoms. The molecule has 1 heterocycles. The summed E-state index contributed by atoms with van der Waals surface area (Å²) in [7, 11) is -3.73. The van der Waals surface area contributed by atoms with Gasteiger partial charge in [-0.05, 0) is 43.3 Å². The Balaban J connectivity index is 1.57. The van der Waals surface area contributed by atoms with Gasteiger partial charge in [0.1, 0.15) is 23.9 Å². The number of nitrogens with one attached hydrogen (secondary N) is 1. The molecule has 3 rings (SSSR count). The maximum absolute atomic E-state index is 12.2. The number of rotatable bonds is 7. The van der Waals surface area contributed by atoms with E-state index in [9.17, 15) is 8.42 Å². The molecule has 1 N–H and O–H groups in total. The molecule has 0 saturated carbocycles. The van der Waals surface area contributed by atoms with Crippen molar-refractivity contribution in [2.24, 2.45) is 5.10 Å². The van der Waals surface area contributed by atoms with Crippen LogP contribution in [0, 0.1) is 6.92 Å². The molecule has 0 radical (unpaired) electrons. The van der Waals surface area contributed by atoms with Gasteiger partial charge < -0.3 is 9.15 Å². The van der Waals surface area contributed by atoms with Crippen LogP contribution in [0.1, 0.15) is 17.1 Å². The standard InChI is InChI=1S/C19H16Cl2N2O4S/c1-13-2-7-17(8-3-13)28(24,25)23-22-11-15-4-5-16(27-15)12-26-14-6-9-18(20)19(21)10-14/h2-11,23H,12H2,1H3/b22-11+. The van der Waals surface area contributed by atoms with Crippen LogP contribution in [-0.2, 0) is 16.6 Å².